The Morgan fingerprint density at radius 1 is 0.519 bits per heavy atom. The van der Waals surface area contributed by atoms with E-state index in [0.29, 0.717) is 12.1 Å². The van der Waals surface area contributed by atoms with Gasteiger partial charge in [0.15, 0.2) is 0 Å². The number of carbonyl (C=O) groups is 2. The Hall–Kier alpha value is -7.58. The SMILES string of the molecule is CC(C)(C)C(=O)N1Cc2ccccc2C#Cc2ccccc21.CC(C)(C)N1C(=O)c2ccccc2C#Cc2ccccc21.CC(C)(C)OC1Cc2ccccc2C#Cc2ccccc21.CC(C)(C)OCC1C2CCC#CCCC21. The molecule has 0 saturated heterocycles. The lowest BCUT2D eigenvalue weighted by Gasteiger charge is -2.37. The number of benzene rings is 6. The summed E-state index contributed by atoms with van der Waals surface area (Å²) < 4.78 is 12.2. The van der Waals surface area contributed by atoms with Crippen LogP contribution in [0.15, 0.2) is 146 Å². The van der Waals surface area contributed by atoms with Crippen molar-refractivity contribution in [2.24, 2.45) is 23.2 Å². The van der Waals surface area contributed by atoms with Gasteiger partial charge in [0.1, 0.15) is 0 Å². The minimum Gasteiger partial charge on any atom is -0.376 e. The lowest BCUT2D eigenvalue weighted by molar-refractivity contribution is -0.125. The number of fused-ring (bicyclic) bond motifs is 7. The van der Waals surface area contributed by atoms with E-state index in [9.17, 15) is 9.59 Å². The van der Waals surface area contributed by atoms with Gasteiger partial charge in [0, 0.05) is 63.6 Å². The molecule has 3 unspecified atom stereocenters. The number of para-hydroxylation sites is 2. The number of hydrogen-bond donors (Lipinski definition) is 0. The van der Waals surface area contributed by atoms with Crippen molar-refractivity contribution in [3.63, 3.8) is 0 Å². The smallest absolute Gasteiger partial charge is 0.260 e. The molecule has 2 heterocycles. The predicted molar refractivity (Wildman–Crippen MR) is 324 cm³/mol. The summed E-state index contributed by atoms with van der Waals surface area (Å²) in [6.45, 7) is 26.2. The number of hydrogen-bond acceptors (Lipinski definition) is 4. The van der Waals surface area contributed by atoms with Crippen LogP contribution in [0.3, 0.4) is 0 Å². The van der Waals surface area contributed by atoms with E-state index in [0.717, 1.165) is 93.9 Å². The molecule has 2 aliphatic heterocycles. The average molecular weight is 1050 g/mol. The van der Waals surface area contributed by atoms with Crippen molar-refractivity contribution >= 4 is 23.2 Å². The number of rotatable bonds is 3. The normalized spacial score (nSPS) is 18.3. The highest BCUT2D eigenvalue weighted by atomic mass is 16.5. The van der Waals surface area contributed by atoms with Crippen LogP contribution >= 0.6 is 0 Å². The van der Waals surface area contributed by atoms with Crippen LogP contribution in [0.5, 0.6) is 0 Å². The zero-order chi connectivity index (χ0) is 56.5. The van der Waals surface area contributed by atoms with Crippen molar-refractivity contribution < 1.29 is 19.1 Å². The second-order valence-electron chi connectivity index (χ2n) is 25.0. The van der Waals surface area contributed by atoms with Gasteiger partial charge in [-0.25, -0.2) is 0 Å². The van der Waals surface area contributed by atoms with Crippen LogP contribution < -0.4 is 9.80 Å². The standard InChI is InChI=1S/C20H19NO.C20H20O.C19H17NO.C14H22O/c1-20(2,3)19(22)21-14-17-10-5-4-8-15(17)12-13-16-9-6-7-11-18(16)21;1-20(2,3)21-19-14-17-10-5-4-8-15(17)12-13-16-9-6-7-11-18(16)19;1-19(2,3)20-17-11-7-5-9-15(17)13-12-14-8-4-6-10-16(14)18(20)21;1-14(2,3)15-10-13-11-8-6-4-5-7-9-12(11)13/h4-11H,14H2,1-3H3;4-11,19H,14H2,1-3H3;4-11H,1-3H3;11-13H,6-10H2,1-3H3. The second-order valence-corrected chi connectivity index (χ2v) is 25.0. The van der Waals surface area contributed by atoms with Gasteiger partial charge >= 0.3 is 0 Å². The van der Waals surface area contributed by atoms with Crippen LogP contribution in [0.1, 0.15) is 175 Å². The fraction of sp³-hybridized carbons (Fsp3) is 0.370. The molecule has 0 bridgehead atoms. The molecule has 404 valence electrons. The van der Waals surface area contributed by atoms with E-state index in [1.807, 2.05) is 161 Å². The van der Waals surface area contributed by atoms with Crippen molar-refractivity contribution in [2.75, 3.05) is 16.4 Å². The molecule has 79 heavy (non-hydrogen) atoms. The van der Waals surface area contributed by atoms with Gasteiger partial charge in [-0.3, -0.25) is 9.59 Å². The van der Waals surface area contributed by atoms with Gasteiger partial charge in [-0.05, 0) is 164 Å². The van der Waals surface area contributed by atoms with Crippen molar-refractivity contribution in [3.05, 3.63) is 201 Å². The van der Waals surface area contributed by atoms with E-state index in [4.69, 9.17) is 9.47 Å². The molecule has 3 aliphatic carbocycles. The number of anilines is 2. The Morgan fingerprint density at radius 2 is 0.975 bits per heavy atom. The van der Waals surface area contributed by atoms with Gasteiger partial charge in [0.2, 0.25) is 5.91 Å². The van der Waals surface area contributed by atoms with Gasteiger partial charge in [-0.2, -0.15) is 0 Å². The van der Waals surface area contributed by atoms with Gasteiger partial charge in [0.05, 0.1) is 47.4 Å². The Labute approximate surface area is 472 Å². The minimum absolute atomic E-state index is 0.000417. The number of ether oxygens (including phenoxy) is 2. The van der Waals surface area contributed by atoms with E-state index in [2.05, 4.69) is 125 Å². The lowest BCUT2D eigenvalue weighted by atomic mass is 9.92. The zero-order valence-electron chi connectivity index (χ0n) is 48.6. The zero-order valence-corrected chi connectivity index (χ0v) is 48.6. The fourth-order valence-corrected chi connectivity index (χ4v) is 10.5. The molecule has 1 fully saturated rings. The summed E-state index contributed by atoms with van der Waals surface area (Å²) in [5.41, 5.74) is 10.8. The van der Waals surface area contributed by atoms with Crippen LogP contribution in [0, 0.1) is 70.5 Å². The maximum atomic E-state index is 13.1. The van der Waals surface area contributed by atoms with Gasteiger partial charge in [-0.15, -0.1) is 11.8 Å². The lowest BCUT2D eigenvalue weighted by Crippen LogP contribution is -2.46. The first kappa shape index (κ1) is 57.6. The van der Waals surface area contributed by atoms with Crippen LogP contribution in [-0.2, 0) is 27.2 Å². The monoisotopic (exact) mass is 1050 g/mol. The Balaban J connectivity index is 0.000000140. The largest absolute Gasteiger partial charge is 0.376 e. The third-order valence-corrected chi connectivity index (χ3v) is 14.4. The van der Waals surface area contributed by atoms with E-state index >= 15 is 0 Å². The Bertz CT molecular complexity index is 3420. The molecule has 2 amide bonds. The highest BCUT2D eigenvalue weighted by Gasteiger charge is 2.49. The third-order valence-electron chi connectivity index (χ3n) is 14.4. The summed E-state index contributed by atoms with van der Waals surface area (Å²) in [5, 5.41) is 0. The molecule has 6 aromatic carbocycles. The molecule has 6 nitrogen and oxygen atoms in total. The first-order valence-corrected chi connectivity index (χ1v) is 28.1. The molecule has 0 radical (unpaired) electrons. The summed E-state index contributed by atoms with van der Waals surface area (Å²) in [7, 11) is 0. The molecule has 5 aliphatic rings. The first-order chi connectivity index (χ1) is 37.6. The van der Waals surface area contributed by atoms with Crippen molar-refractivity contribution in [2.45, 2.75) is 145 Å². The van der Waals surface area contributed by atoms with Crippen LogP contribution in [0.25, 0.3) is 0 Å². The summed E-state index contributed by atoms with van der Waals surface area (Å²) >= 11 is 0. The molecular weight excluding hydrogens is 969 g/mol. The van der Waals surface area contributed by atoms with Crippen LogP contribution in [-0.4, -0.2) is 35.2 Å². The number of carbonyl (C=O) groups excluding carboxylic acids is 2. The molecule has 1 saturated carbocycles. The van der Waals surface area contributed by atoms with Crippen LogP contribution in [0.2, 0.25) is 0 Å². The van der Waals surface area contributed by atoms with Crippen molar-refractivity contribution in [1.29, 1.82) is 0 Å². The molecule has 6 aromatic rings. The summed E-state index contributed by atoms with van der Waals surface area (Å²) in [6.07, 6.45) is 5.71. The van der Waals surface area contributed by atoms with E-state index < -0.39 is 5.41 Å². The van der Waals surface area contributed by atoms with E-state index in [1.54, 1.807) is 0 Å². The molecule has 11 rings (SSSR count). The highest BCUT2D eigenvalue weighted by Crippen LogP contribution is 2.52. The van der Waals surface area contributed by atoms with Crippen molar-refractivity contribution in [1.82, 2.24) is 0 Å². The topological polar surface area (TPSA) is 59.1 Å². The fourth-order valence-electron chi connectivity index (χ4n) is 10.5. The Morgan fingerprint density at radius 3 is 1.56 bits per heavy atom. The molecule has 0 N–H and O–H groups in total. The third kappa shape index (κ3) is 15.2. The molecule has 6 heteroatoms. The van der Waals surface area contributed by atoms with E-state index in [-0.39, 0.29) is 34.7 Å². The van der Waals surface area contributed by atoms with Crippen LogP contribution in [0.4, 0.5) is 11.4 Å². The highest BCUT2D eigenvalue weighted by molar-refractivity contribution is 6.09. The van der Waals surface area contributed by atoms with E-state index in [1.165, 1.54) is 24.0 Å². The van der Waals surface area contributed by atoms with Gasteiger partial charge in [-0.1, -0.05) is 147 Å². The molecular formula is C73H78N2O4. The number of amides is 2. The van der Waals surface area contributed by atoms with Gasteiger partial charge in [0.25, 0.3) is 5.91 Å². The second kappa shape index (κ2) is 24.6. The first-order valence-electron chi connectivity index (χ1n) is 28.1. The minimum atomic E-state index is -0.436. The number of nitrogens with zero attached hydrogens (tertiary/aromatic N) is 2. The predicted octanol–water partition coefficient (Wildman–Crippen LogP) is 15.6. The molecule has 0 spiro atoms. The van der Waals surface area contributed by atoms with Gasteiger partial charge < -0.3 is 19.3 Å². The maximum absolute atomic E-state index is 13.1. The molecule has 3 atom stereocenters. The maximum Gasteiger partial charge on any atom is 0.260 e. The van der Waals surface area contributed by atoms with Crippen molar-refractivity contribution in [3.8, 4) is 47.4 Å². The Kier molecular flexibility index (Phi) is 17.9. The summed E-state index contributed by atoms with van der Waals surface area (Å²) in [4.78, 5) is 29.7. The summed E-state index contributed by atoms with van der Waals surface area (Å²) in [5.74, 6) is 28.6. The quantitative estimate of drug-likeness (QED) is 0.166. The molecule has 0 aromatic heterocycles. The average Bonchev–Trinajstić information content (AvgIpc) is 4.15. The summed E-state index contributed by atoms with van der Waals surface area (Å²) in [6, 6.07) is 47.9.